The van der Waals surface area contributed by atoms with Gasteiger partial charge in [0.05, 0.1) is 12.6 Å². The molecule has 5 heteroatoms. The van der Waals surface area contributed by atoms with Crippen LogP contribution in [-0.2, 0) is 11.3 Å². The lowest BCUT2D eigenvalue weighted by Gasteiger charge is -2.30. The topological polar surface area (TPSA) is 45.7 Å². The third-order valence-corrected chi connectivity index (χ3v) is 3.82. The van der Waals surface area contributed by atoms with Gasteiger partial charge in [-0.1, -0.05) is 26.8 Å². The third kappa shape index (κ3) is 5.61. The molecule has 4 nitrogen and oxygen atoms in total. The number of guanidine groups is 1. The van der Waals surface area contributed by atoms with Gasteiger partial charge in [-0.3, -0.25) is 4.99 Å². The predicted molar refractivity (Wildman–Crippen MR) is 82.8 cm³/mol. The Morgan fingerprint density at radius 2 is 2.16 bits per heavy atom. The van der Waals surface area contributed by atoms with Crippen molar-refractivity contribution in [2.75, 3.05) is 20.7 Å². The Morgan fingerprint density at radius 1 is 1.42 bits per heavy atom. The first-order valence-electron chi connectivity index (χ1n) is 6.47. The molecule has 0 bridgehead atoms. The Morgan fingerprint density at radius 3 is 2.63 bits per heavy atom. The highest BCUT2D eigenvalue weighted by Crippen LogP contribution is 2.20. The zero-order valence-corrected chi connectivity index (χ0v) is 13.3. The summed E-state index contributed by atoms with van der Waals surface area (Å²) >= 11 is 1.74. The van der Waals surface area contributed by atoms with E-state index < -0.39 is 0 Å². The zero-order valence-electron chi connectivity index (χ0n) is 12.5. The maximum atomic E-state index is 5.52. The van der Waals surface area contributed by atoms with E-state index in [0.29, 0.717) is 0 Å². The van der Waals surface area contributed by atoms with Crippen LogP contribution in [-0.4, -0.2) is 32.8 Å². The number of methoxy groups -OCH3 is 1. The first-order chi connectivity index (χ1) is 8.97. The van der Waals surface area contributed by atoms with Gasteiger partial charge in [-0.25, -0.2) is 0 Å². The molecular weight excluding hydrogens is 258 g/mol. The molecule has 1 rings (SSSR count). The molecule has 0 aliphatic carbocycles. The first kappa shape index (κ1) is 16.0. The third-order valence-electron chi connectivity index (χ3n) is 2.94. The van der Waals surface area contributed by atoms with Crippen molar-refractivity contribution in [1.82, 2.24) is 10.6 Å². The summed E-state index contributed by atoms with van der Waals surface area (Å²) in [5, 5.41) is 8.68. The summed E-state index contributed by atoms with van der Waals surface area (Å²) in [5.41, 5.74) is 0.106. The van der Waals surface area contributed by atoms with Crippen molar-refractivity contribution in [1.29, 1.82) is 0 Å². The Hall–Kier alpha value is -1.07. The average Bonchev–Trinajstić information content (AvgIpc) is 2.85. The van der Waals surface area contributed by atoms with Crippen molar-refractivity contribution in [2.24, 2.45) is 10.4 Å². The summed E-state index contributed by atoms with van der Waals surface area (Å²) in [7, 11) is 3.53. The maximum Gasteiger partial charge on any atom is 0.191 e. The summed E-state index contributed by atoms with van der Waals surface area (Å²) in [6.07, 6.45) is 0.146. The fourth-order valence-corrected chi connectivity index (χ4v) is 2.38. The molecule has 2 N–H and O–H groups in total. The maximum absolute atomic E-state index is 5.52. The highest BCUT2D eigenvalue weighted by atomic mass is 32.1. The van der Waals surface area contributed by atoms with Gasteiger partial charge < -0.3 is 15.4 Å². The SMILES string of the molecule is CN=C(NCc1cccs1)NCC(OC)C(C)(C)C. The summed E-state index contributed by atoms with van der Waals surface area (Å²) in [4.78, 5) is 5.51. The van der Waals surface area contributed by atoms with Gasteiger partial charge in [0.1, 0.15) is 0 Å². The van der Waals surface area contributed by atoms with Crippen LogP contribution in [0.1, 0.15) is 25.6 Å². The van der Waals surface area contributed by atoms with E-state index in [1.807, 2.05) is 0 Å². The lowest BCUT2D eigenvalue weighted by molar-refractivity contribution is 0.0205. The lowest BCUT2D eigenvalue weighted by atomic mass is 9.89. The van der Waals surface area contributed by atoms with Crippen LogP contribution in [0.15, 0.2) is 22.5 Å². The summed E-state index contributed by atoms with van der Waals surface area (Å²) < 4.78 is 5.52. The van der Waals surface area contributed by atoms with Gasteiger partial charge in [0.15, 0.2) is 5.96 Å². The minimum absolute atomic E-state index is 0.106. The summed E-state index contributed by atoms with van der Waals surface area (Å²) in [6.45, 7) is 8.05. The van der Waals surface area contributed by atoms with Crippen molar-refractivity contribution >= 4 is 17.3 Å². The molecule has 1 heterocycles. The standard InChI is InChI=1S/C14H25N3OS/c1-14(2,3)12(18-5)10-17-13(15-4)16-9-11-7-6-8-19-11/h6-8,12H,9-10H2,1-5H3,(H2,15,16,17). The van der Waals surface area contributed by atoms with Crippen LogP contribution in [0.4, 0.5) is 0 Å². The van der Waals surface area contributed by atoms with Crippen molar-refractivity contribution in [3.63, 3.8) is 0 Å². The number of hydrogen-bond acceptors (Lipinski definition) is 3. The molecule has 0 saturated heterocycles. The molecule has 19 heavy (non-hydrogen) atoms. The van der Waals surface area contributed by atoms with Crippen LogP contribution in [0.2, 0.25) is 0 Å². The Kier molecular flexibility index (Phi) is 6.31. The number of nitrogens with one attached hydrogen (secondary N) is 2. The molecule has 0 aliphatic rings. The number of thiophene rings is 1. The second-order valence-corrected chi connectivity index (χ2v) is 6.51. The van der Waals surface area contributed by atoms with Crippen LogP contribution in [0, 0.1) is 5.41 Å². The van der Waals surface area contributed by atoms with Crippen molar-refractivity contribution in [2.45, 2.75) is 33.4 Å². The fraction of sp³-hybridized carbons (Fsp3) is 0.643. The Labute approximate surface area is 120 Å². The van der Waals surface area contributed by atoms with E-state index in [-0.39, 0.29) is 11.5 Å². The van der Waals surface area contributed by atoms with Crippen molar-refractivity contribution < 1.29 is 4.74 Å². The highest BCUT2D eigenvalue weighted by Gasteiger charge is 2.24. The van der Waals surface area contributed by atoms with Crippen LogP contribution < -0.4 is 10.6 Å². The molecule has 0 amide bonds. The number of ether oxygens (including phenoxy) is 1. The molecule has 1 aromatic heterocycles. The largest absolute Gasteiger partial charge is 0.379 e. The second-order valence-electron chi connectivity index (χ2n) is 5.48. The van der Waals surface area contributed by atoms with E-state index in [1.54, 1.807) is 25.5 Å². The van der Waals surface area contributed by atoms with Crippen LogP contribution in [0.25, 0.3) is 0 Å². The van der Waals surface area contributed by atoms with Crippen LogP contribution in [0.5, 0.6) is 0 Å². The predicted octanol–water partition coefficient (Wildman–Crippen LogP) is 2.47. The summed E-state index contributed by atoms with van der Waals surface area (Å²) in [5.74, 6) is 0.805. The summed E-state index contributed by atoms with van der Waals surface area (Å²) in [6, 6.07) is 4.16. The van der Waals surface area contributed by atoms with Gasteiger partial charge >= 0.3 is 0 Å². The van der Waals surface area contributed by atoms with Crippen LogP contribution >= 0.6 is 11.3 Å². The van der Waals surface area contributed by atoms with Gasteiger partial charge in [-0.05, 0) is 16.9 Å². The van der Waals surface area contributed by atoms with Gasteiger partial charge in [0, 0.05) is 25.6 Å². The zero-order chi connectivity index (χ0) is 14.3. The number of hydrogen-bond donors (Lipinski definition) is 2. The molecule has 108 valence electrons. The molecule has 0 aliphatic heterocycles. The smallest absolute Gasteiger partial charge is 0.191 e. The van der Waals surface area contributed by atoms with Gasteiger partial charge in [-0.15, -0.1) is 11.3 Å². The molecule has 1 aromatic rings. The molecule has 0 radical (unpaired) electrons. The Balaban J connectivity index is 2.40. The second kappa shape index (κ2) is 7.50. The van der Waals surface area contributed by atoms with Gasteiger partial charge in [0.2, 0.25) is 0 Å². The minimum Gasteiger partial charge on any atom is -0.379 e. The van der Waals surface area contributed by atoms with E-state index in [9.17, 15) is 0 Å². The molecule has 1 atom stereocenters. The van der Waals surface area contributed by atoms with Crippen molar-refractivity contribution in [3.05, 3.63) is 22.4 Å². The minimum atomic E-state index is 0.106. The molecular formula is C14H25N3OS. The highest BCUT2D eigenvalue weighted by molar-refractivity contribution is 7.09. The van der Waals surface area contributed by atoms with E-state index in [1.165, 1.54) is 4.88 Å². The number of rotatable bonds is 5. The van der Waals surface area contributed by atoms with E-state index >= 15 is 0 Å². The first-order valence-corrected chi connectivity index (χ1v) is 7.35. The number of aliphatic imine (C=N–C) groups is 1. The molecule has 0 spiro atoms. The molecule has 0 aromatic carbocycles. The quantitative estimate of drug-likeness (QED) is 0.644. The van der Waals surface area contributed by atoms with Gasteiger partial charge in [0.25, 0.3) is 0 Å². The molecule has 1 unspecified atom stereocenters. The van der Waals surface area contributed by atoms with E-state index in [4.69, 9.17) is 4.74 Å². The molecule has 0 fully saturated rings. The monoisotopic (exact) mass is 283 g/mol. The Bertz CT molecular complexity index is 382. The number of nitrogens with zero attached hydrogens (tertiary/aromatic N) is 1. The van der Waals surface area contributed by atoms with E-state index in [0.717, 1.165) is 19.0 Å². The fourth-order valence-electron chi connectivity index (χ4n) is 1.74. The average molecular weight is 283 g/mol. The normalized spacial score (nSPS) is 14.3. The van der Waals surface area contributed by atoms with Gasteiger partial charge in [-0.2, -0.15) is 0 Å². The van der Waals surface area contributed by atoms with Crippen LogP contribution in [0.3, 0.4) is 0 Å². The molecule has 0 saturated carbocycles. The van der Waals surface area contributed by atoms with Crippen molar-refractivity contribution in [3.8, 4) is 0 Å². The lowest BCUT2D eigenvalue weighted by Crippen LogP contribution is -2.45. The van der Waals surface area contributed by atoms with E-state index in [2.05, 4.69) is 53.9 Å².